The van der Waals surface area contributed by atoms with Crippen LogP contribution in [0.1, 0.15) is 32.1 Å². The van der Waals surface area contributed by atoms with E-state index in [1.807, 2.05) is 0 Å². The zero-order valence-corrected chi connectivity index (χ0v) is 5.47. The predicted octanol–water partition coefficient (Wildman–Crippen LogP) is 0.881. The molecule has 0 radical (unpaired) electrons. The number of carbonyl (C=O) groups is 1. The SMILES string of the molecule is O=CCCCC1(O)CC1. The molecule has 0 atom stereocenters. The molecule has 1 N–H and O–H groups in total. The molecular formula is C7H12O2. The van der Waals surface area contributed by atoms with Crippen molar-refractivity contribution in [1.82, 2.24) is 0 Å². The van der Waals surface area contributed by atoms with Crippen LogP contribution in [-0.4, -0.2) is 17.0 Å². The molecule has 0 unspecified atom stereocenters. The number of aliphatic hydroxyl groups is 1. The van der Waals surface area contributed by atoms with Crippen molar-refractivity contribution in [2.24, 2.45) is 0 Å². The van der Waals surface area contributed by atoms with Crippen molar-refractivity contribution in [3.8, 4) is 0 Å². The first-order valence-corrected chi connectivity index (χ1v) is 3.43. The lowest BCUT2D eigenvalue weighted by molar-refractivity contribution is -0.108. The van der Waals surface area contributed by atoms with Crippen LogP contribution in [-0.2, 0) is 4.79 Å². The third kappa shape index (κ3) is 2.14. The predicted molar refractivity (Wildman–Crippen MR) is 34.1 cm³/mol. The fraction of sp³-hybridized carbons (Fsp3) is 0.857. The lowest BCUT2D eigenvalue weighted by atomic mass is 10.1. The quantitative estimate of drug-likeness (QED) is 0.450. The second-order valence-electron chi connectivity index (χ2n) is 2.78. The highest BCUT2D eigenvalue weighted by Crippen LogP contribution is 2.39. The topological polar surface area (TPSA) is 37.3 Å². The molecular weight excluding hydrogens is 116 g/mol. The van der Waals surface area contributed by atoms with Gasteiger partial charge in [0.25, 0.3) is 0 Å². The molecule has 0 heterocycles. The van der Waals surface area contributed by atoms with Crippen molar-refractivity contribution in [2.75, 3.05) is 0 Å². The summed E-state index contributed by atoms with van der Waals surface area (Å²) in [6, 6.07) is 0. The van der Waals surface area contributed by atoms with Crippen LogP contribution in [0.2, 0.25) is 0 Å². The Bertz CT molecular complexity index is 105. The molecule has 0 aromatic rings. The van der Waals surface area contributed by atoms with Crippen molar-refractivity contribution in [3.63, 3.8) is 0 Å². The van der Waals surface area contributed by atoms with Gasteiger partial charge in [-0.1, -0.05) is 0 Å². The summed E-state index contributed by atoms with van der Waals surface area (Å²) in [6.07, 6.45) is 5.04. The molecule has 1 fully saturated rings. The maximum atomic E-state index is 9.83. The van der Waals surface area contributed by atoms with Gasteiger partial charge in [-0.15, -0.1) is 0 Å². The van der Waals surface area contributed by atoms with E-state index in [4.69, 9.17) is 0 Å². The van der Waals surface area contributed by atoms with Crippen molar-refractivity contribution >= 4 is 6.29 Å². The summed E-state index contributed by atoms with van der Waals surface area (Å²) in [6.45, 7) is 0. The van der Waals surface area contributed by atoms with Crippen LogP contribution in [0.15, 0.2) is 0 Å². The molecule has 9 heavy (non-hydrogen) atoms. The van der Waals surface area contributed by atoms with Gasteiger partial charge in [0.05, 0.1) is 5.60 Å². The second kappa shape index (κ2) is 2.48. The number of carbonyl (C=O) groups excluding carboxylic acids is 1. The van der Waals surface area contributed by atoms with E-state index in [1.165, 1.54) is 0 Å². The monoisotopic (exact) mass is 128 g/mol. The van der Waals surface area contributed by atoms with Crippen LogP contribution in [0.25, 0.3) is 0 Å². The minimum Gasteiger partial charge on any atom is -0.390 e. The van der Waals surface area contributed by atoms with E-state index < -0.39 is 0 Å². The number of aldehydes is 1. The van der Waals surface area contributed by atoms with Crippen LogP contribution in [0, 0.1) is 0 Å². The Hall–Kier alpha value is -0.370. The number of hydrogen-bond acceptors (Lipinski definition) is 2. The Morgan fingerprint density at radius 1 is 1.56 bits per heavy atom. The van der Waals surface area contributed by atoms with Gasteiger partial charge >= 0.3 is 0 Å². The lowest BCUT2D eigenvalue weighted by Crippen LogP contribution is -2.05. The first kappa shape index (κ1) is 6.75. The van der Waals surface area contributed by atoms with Gasteiger partial charge in [-0.05, 0) is 25.7 Å². The van der Waals surface area contributed by atoms with Crippen LogP contribution in [0.4, 0.5) is 0 Å². The van der Waals surface area contributed by atoms with Gasteiger partial charge in [0, 0.05) is 6.42 Å². The number of unbranched alkanes of at least 4 members (excludes halogenated alkanes) is 1. The minimum atomic E-state index is -0.358. The highest BCUT2D eigenvalue weighted by Gasteiger charge is 2.38. The molecule has 2 heteroatoms. The van der Waals surface area contributed by atoms with Gasteiger partial charge in [-0.2, -0.15) is 0 Å². The molecule has 0 bridgehead atoms. The Kier molecular flexibility index (Phi) is 1.86. The molecule has 0 aromatic heterocycles. The summed E-state index contributed by atoms with van der Waals surface area (Å²) in [5, 5.41) is 9.24. The highest BCUT2D eigenvalue weighted by atomic mass is 16.3. The summed E-state index contributed by atoms with van der Waals surface area (Å²) in [7, 11) is 0. The molecule has 1 saturated carbocycles. The normalized spacial score (nSPS) is 21.4. The van der Waals surface area contributed by atoms with Crippen molar-refractivity contribution in [3.05, 3.63) is 0 Å². The summed E-state index contributed by atoms with van der Waals surface area (Å²) < 4.78 is 0. The van der Waals surface area contributed by atoms with Crippen LogP contribution in [0.3, 0.4) is 0 Å². The fourth-order valence-corrected chi connectivity index (χ4v) is 0.909. The van der Waals surface area contributed by atoms with Crippen molar-refractivity contribution in [2.45, 2.75) is 37.7 Å². The molecule has 0 amide bonds. The lowest BCUT2D eigenvalue weighted by Gasteiger charge is -2.02. The Labute approximate surface area is 54.9 Å². The average Bonchev–Trinajstić information content (AvgIpc) is 2.50. The van der Waals surface area contributed by atoms with E-state index in [-0.39, 0.29) is 5.60 Å². The van der Waals surface area contributed by atoms with Crippen LogP contribution < -0.4 is 0 Å². The van der Waals surface area contributed by atoms with Crippen LogP contribution in [0.5, 0.6) is 0 Å². The molecule has 1 rings (SSSR count). The van der Waals surface area contributed by atoms with E-state index in [9.17, 15) is 9.90 Å². The van der Waals surface area contributed by atoms with E-state index in [0.717, 1.165) is 32.0 Å². The van der Waals surface area contributed by atoms with Gasteiger partial charge in [-0.25, -0.2) is 0 Å². The smallest absolute Gasteiger partial charge is 0.119 e. The zero-order valence-electron chi connectivity index (χ0n) is 5.47. The van der Waals surface area contributed by atoms with Gasteiger partial charge in [0.2, 0.25) is 0 Å². The van der Waals surface area contributed by atoms with Gasteiger partial charge in [0.1, 0.15) is 6.29 Å². The van der Waals surface area contributed by atoms with Crippen molar-refractivity contribution in [1.29, 1.82) is 0 Å². The molecule has 1 aliphatic carbocycles. The van der Waals surface area contributed by atoms with Gasteiger partial charge in [-0.3, -0.25) is 0 Å². The molecule has 0 saturated heterocycles. The Morgan fingerprint density at radius 2 is 2.22 bits per heavy atom. The maximum absolute atomic E-state index is 9.83. The molecule has 0 aliphatic heterocycles. The third-order valence-corrected chi connectivity index (χ3v) is 1.79. The first-order chi connectivity index (χ1) is 4.27. The van der Waals surface area contributed by atoms with E-state index in [1.54, 1.807) is 0 Å². The molecule has 0 aromatic carbocycles. The highest BCUT2D eigenvalue weighted by molar-refractivity contribution is 5.49. The Morgan fingerprint density at radius 3 is 2.67 bits per heavy atom. The van der Waals surface area contributed by atoms with E-state index >= 15 is 0 Å². The molecule has 52 valence electrons. The third-order valence-electron chi connectivity index (χ3n) is 1.79. The minimum absolute atomic E-state index is 0.358. The van der Waals surface area contributed by atoms with E-state index in [0.29, 0.717) is 6.42 Å². The summed E-state index contributed by atoms with van der Waals surface area (Å²) in [5.74, 6) is 0. The number of hydrogen-bond donors (Lipinski definition) is 1. The fourth-order valence-electron chi connectivity index (χ4n) is 0.909. The summed E-state index contributed by atoms with van der Waals surface area (Å²) in [4.78, 5) is 9.83. The largest absolute Gasteiger partial charge is 0.390 e. The molecule has 1 aliphatic rings. The standard InChI is InChI=1S/C7H12O2/c8-6-2-1-3-7(9)4-5-7/h6,9H,1-5H2. The van der Waals surface area contributed by atoms with Crippen molar-refractivity contribution < 1.29 is 9.90 Å². The summed E-state index contributed by atoms with van der Waals surface area (Å²) >= 11 is 0. The van der Waals surface area contributed by atoms with Gasteiger partial charge < -0.3 is 9.90 Å². The molecule has 2 nitrogen and oxygen atoms in total. The zero-order chi connectivity index (χ0) is 6.74. The van der Waals surface area contributed by atoms with E-state index in [2.05, 4.69) is 0 Å². The first-order valence-electron chi connectivity index (χ1n) is 3.43. The number of rotatable bonds is 4. The van der Waals surface area contributed by atoms with Crippen LogP contribution >= 0.6 is 0 Å². The average molecular weight is 128 g/mol. The molecule has 0 spiro atoms. The van der Waals surface area contributed by atoms with Gasteiger partial charge in [0.15, 0.2) is 0 Å². The Balaban J connectivity index is 1.98. The second-order valence-corrected chi connectivity index (χ2v) is 2.78. The maximum Gasteiger partial charge on any atom is 0.119 e. The summed E-state index contributed by atoms with van der Waals surface area (Å²) in [5.41, 5.74) is -0.358.